The summed E-state index contributed by atoms with van der Waals surface area (Å²) in [6, 6.07) is 13.2. The number of carboxylic acids is 1. The van der Waals surface area contributed by atoms with Gasteiger partial charge in [0.05, 0.1) is 5.92 Å². The number of carbonyl (C=O) groups is 2. The van der Waals surface area contributed by atoms with Gasteiger partial charge in [0.2, 0.25) is 5.91 Å². The highest BCUT2D eigenvalue weighted by Gasteiger charge is 2.54. The van der Waals surface area contributed by atoms with Crippen LogP contribution in [0, 0.1) is 5.92 Å². The van der Waals surface area contributed by atoms with Gasteiger partial charge in [-0.15, -0.1) is 0 Å². The summed E-state index contributed by atoms with van der Waals surface area (Å²) >= 11 is 0. The molecular formula is C21H25N3O3. The standard InChI is InChI=1S/C21H25N3O3/c1-21(20(26)27)13-17(18(24(21)2)16-8-4-3-5-9-16)19(25)23-12-10-15-7-6-11-22-14-15/h3-9,11,14,17-18H,10,12-13H2,1-2H3,(H,23,25)(H,26,27)/t17-,18-,21-/m0/s1. The van der Waals surface area contributed by atoms with E-state index in [4.69, 9.17) is 0 Å². The predicted octanol–water partition coefficient (Wildman–Crippen LogP) is 2.28. The van der Waals surface area contributed by atoms with Crippen molar-refractivity contribution in [1.82, 2.24) is 15.2 Å². The van der Waals surface area contributed by atoms with Crippen LogP contribution in [0.3, 0.4) is 0 Å². The molecule has 1 aromatic carbocycles. The lowest BCUT2D eigenvalue weighted by molar-refractivity contribution is -0.148. The van der Waals surface area contributed by atoms with Crippen LogP contribution in [0.2, 0.25) is 0 Å². The minimum atomic E-state index is -1.08. The Morgan fingerprint density at radius 3 is 2.63 bits per heavy atom. The number of likely N-dealkylation sites (tertiary alicyclic amines) is 1. The Balaban J connectivity index is 1.76. The number of hydrogen-bond donors (Lipinski definition) is 2. The van der Waals surface area contributed by atoms with Crippen LogP contribution in [-0.2, 0) is 16.0 Å². The average molecular weight is 367 g/mol. The van der Waals surface area contributed by atoms with Crippen molar-refractivity contribution in [1.29, 1.82) is 0 Å². The number of amides is 1. The van der Waals surface area contributed by atoms with Gasteiger partial charge in [0, 0.05) is 25.0 Å². The molecule has 1 fully saturated rings. The van der Waals surface area contributed by atoms with E-state index >= 15 is 0 Å². The minimum Gasteiger partial charge on any atom is -0.480 e. The quantitative estimate of drug-likeness (QED) is 0.818. The largest absolute Gasteiger partial charge is 0.480 e. The van der Waals surface area contributed by atoms with Crippen LogP contribution >= 0.6 is 0 Å². The van der Waals surface area contributed by atoms with Gasteiger partial charge in [0.15, 0.2) is 0 Å². The third-order valence-corrected chi connectivity index (χ3v) is 5.57. The maximum atomic E-state index is 12.9. The molecule has 142 valence electrons. The minimum absolute atomic E-state index is 0.107. The van der Waals surface area contributed by atoms with Gasteiger partial charge in [-0.3, -0.25) is 19.5 Å². The summed E-state index contributed by atoms with van der Waals surface area (Å²) in [7, 11) is 1.79. The van der Waals surface area contributed by atoms with Crippen molar-refractivity contribution < 1.29 is 14.7 Å². The van der Waals surface area contributed by atoms with Gasteiger partial charge in [0.25, 0.3) is 0 Å². The van der Waals surface area contributed by atoms with Gasteiger partial charge in [0.1, 0.15) is 5.54 Å². The van der Waals surface area contributed by atoms with Crippen LogP contribution in [0.15, 0.2) is 54.9 Å². The van der Waals surface area contributed by atoms with E-state index in [1.165, 1.54) is 0 Å². The first-order chi connectivity index (χ1) is 12.9. The molecule has 2 N–H and O–H groups in total. The predicted molar refractivity (Wildman–Crippen MR) is 102 cm³/mol. The van der Waals surface area contributed by atoms with Crippen LogP contribution in [0.1, 0.15) is 30.5 Å². The highest BCUT2D eigenvalue weighted by Crippen LogP contribution is 2.45. The van der Waals surface area contributed by atoms with Crippen molar-refractivity contribution in [3.8, 4) is 0 Å². The van der Waals surface area contributed by atoms with Gasteiger partial charge >= 0.3 is 5.97 Å². The van der Waals surface area contributed by atoms with E-state index in [-0.39, 0.29) is 18.4 Å². The lowest BCUT2D eigenvalue weighted by atomic mass is 9.89. The number of benzene rings is 1. The molecule has 3 rings (SSSR count). The Labute approximate surface area is 159 Å². The number of rotatable bonds is 6. The van der Waals surface area contributed by atoms with E-state index in [9.17, 15) is 14.7 Å². The smallest absolute Gasteiger partial charge is 0.323 e. The lowest BCUT2D eigenvalue weighted by Gasteiger charge is -2.32. The van der Waals surface area contributed by atoms with Crippen LogP contribution in [0.5, 0.6) is 0 Å². The second-order valence-electron chi connectivity index (χ2n) is 7.26. The lowest BCUT2D eigenvalue weighted by Crippen LogP contribution is -2.46. The number of carbonyl (C=O) groups excluding carboxylic acids is 1. The van der Waals surface area contributed by atoms with E-state index < -0.39 is 17.4 Å². The summed E-state index contributed by atoms with van der Waals surface area (Å²) in [5, 5.41) is 12.7. The van der Waals surface area contributed by atoms with Gasteiger partial charge < -0.3 is 10.4 Å². The molecule has 27 heavy (non-hydrogen) atoms. The molecule has 2 heterocycles. The van der Waals surface area contributed by atoms with E-state index in [0.717, 1.165) is 11.1 Å². The van der Waals surface area contributed by atoms with Gasteiger partial charge in [-0.2, -0.15) is 0 Å². The molecule has 6 heteroatoms. The molecule has 1 aliphatic rings. The third kappa shape index (κ3) is 3.85. The Bertz CT molecular complexity index is 797. The molecule has 1 aliphatic heterocycles. The van der Waals surface area contributed by atoms with Crippen LogP contribution in [-0.4, -0.2) is 46.0 Å². The number of aromatic nitrogens is 1. The molecule has 0 saturated carbocycles. The number of pyridine rings is 1. The molecule has 3 atom stereocenters. The zero-order chi connectivity index (χ0) is 19.4. The number of carboxylic acid groups (broad SMARTS) is 1. The van der Waals surface area contributed by atoms with Crippen molar-refractivity contribution in [3.05, 3.63) is 66.0 Å². The summed E-state index contributed by atoms with van der Waals surface area (Å²) in [5.74, 6) is -1.44. The monoisotopic (exact) mass is 367 g/mol. The topological polar surface area (TPSA) is 82.5 Å². The fourth-order valence-electron chi connectivity index (χ4n) is 3.85. The van der Waals surface area contributed by atoms with E-state index in [1.807, 2.05) is 47.4 Å². The fraction of sp³-hybridized carbons (Fsp3) is 0.381. The Hall–Kier alpha value is -2.73. The zero-order valence-corrected chi connectivity index (χ0v) is 15.6. The summed E-state index contributed by atoms with van der Waals surface area (Å²) < 4.78 is 0. The molecule has 0 bridgehead atoms. The van der Waals surface area contributed by atoms with Crippen molar-refractivity contribution >= 4 is 11.9 Å². The van der Waals surface area contributed by atoms with Crippen molar-refractivity contribution in [3.63, 3.8) is 0 Å². The SMILES string of the molecule is CN1[C@@H](c2ccccc2)[C@@H](C(=O)NCCc2cccnc2)C[C@@]1(C)C(=O)O. The van der Waals surface area contributed by atoms with Crippen LogP contribution in [0.4, 0.5) is 0 Å². The molecule has 0 spiro atoms. The zero-order valence-electron chi connectivity index (χ0n) is 15.6. The molecule has 6 nitrogen and oxygen atoms in total. The highest BCUT2D eigenvalue weighted by atomic mass is 16.4. The summed E-state index contributed by atoms with van der Waals surface area (Å²) in [6.45, 7) is 2.18. The highest BCUT2D eigenvalue weighted by molar-refractivity contribution is 5.85. The second-order valence-corrected chi connectivity index (χ2v) is 7.26. The first-order valence-corrected chi connectivity index (χ1v) is 9.11. The maximum absolute atomic E-state index is 12.9. The molecule has 1 amide bonds. The molecule has 0 radical (unpaired) electrons. The van der Waals surface area contributed by atoms with Crippen molar-refractivity contribution in [2.24, 2.45) is 5.92 Å². The number of aliphatic carboxylic acids is 1. The number of hydrogen-bond acceptors (Lipinski definition) is 4. The van der Waals surface area contributed by atoms with Crippen molar-refractivity contribution in [2.75, 3.05) is 13.6 Å². The third-order valence-electron chi connectivity index (χ3n) is 5.57. The molecule has 1 aromatic heterocycles. The Morgan fingerprint density at radius 2 is 2.00 bits per heavy atom. The normalized spacial score (nSPS) is 25.3. The summed E-state index contributed by atoms with van der Waals surface area (Å²) in [6.07, 6.45) is 4.46. The molecule has 1 saturated heterocycles. The van der Waals surface area contributed by atoms with Crippen LogP contribution < -0.4 is 5.32 Å². The van der Waals surface area contributed by atoms with Crippen LogP contribution in [0.25, 0.3) is 0 Å². The number of nitrogens with one attached hydrogen (secondary N) is 1. The molecular weight excluding hydrogens is 342 g/mol. The van der Waals surface area contributed by atoms with Gasteiger partial charge in [-0.1, -0.05) is 36.4 Å². The van der Waals surface area contributed by atoms with E-state index in [2.05, 4.69) is 10.3 Å². The maximum Gasteiger partial charge on any atom is 0.323 e. The Morgan fingerprint density at radius 1 is 1.26 bits per heavy atom. The van der Waals surface area contributed by atoms with Crippen molar-refractivity contribution in [2.45, 2.75) is 31.3 Å². The number of likely N-dealkylation sites (N-methyl/N-ethyl adjacent to an activating group) is 1. The summed E-state index contributed by atoms with van der Waals surface area (Å²) in [4.78, 5) is 30.7. The molecule has 0 aliphatic carbocycles. The first-order valence-electron chi connectivity index (χ1n) is 9.11. The number of nitrogens with zero attached hydrogens (tertiary/aromatic N) is 2. The molecule has 0 unspecified atom stereocenters. The summed E-state index contributed by atoms with van der Waals surface area (Å²) in [5.41, 5.74) is 0.931. The average Bonchev–Trinajstić information content (AvgIpc) is 2.96. The van der Waals surface area contributed by atoms with Gasteiger partial charge in [-0.25, -0.2) is 0 Å². The molecule has 2 aromatic rings. The second kappa shape index (κ2) is 7.88. The van der Waals surface area contributed by atoms with E-state index in [1.54, 1.807) is 26.4 Å². The van der Waals surface area contributed by atoms with Gasteiger partial charge in [-0.05, 0) is 44.0 Å². The van der Waals surface area contributed by atoms with E-state index in [0.29, 0.717) is 13.0 Å². The first kappa shape index (κ1) is 19.0. The Kier molecular flexibility index (Phi) is 5.56. The fourth-order valence-corrected chi connectivity index (χ4v) is 3.85.